The van der Waals surface area contributed by atoms with Crippen LogP contribution >= 0.6 is 0 Å². The van der Waals surface area contributed by atoms with Crippen LogP contribution in [-0.4, -0.2) is 47.3 Å². The van der Waals surface area contributed by atoms with Gasteiger partial charge in [-0.1, -0.05) is 47.1 Å². The van der Waals surface area contributed by atoms with E-state index in [1.165, 1.54) is 5.56 Å². The molecule has 1 atom stereocenters. The average Bonchev–Trinajstić information content (AvgIpc) is 3.28. The fourth-order valence-corrected chi connectivity index (χ4v) is 3.85. The van der Waals surface area contributed by atoms with Crippen LogP contribution in [-0.2, 0) is 9.53 Å². The van der Waals surface area contributed by atoms with Gasteiger partial charge in [0.2, 0.25) is 11.7 Å². The Morgan fingerprint density at radius 1 is 1.16 bits per heavy atom. The number of benzene rings is 2. The molecule has 7 nitrogen and oxygen atoms in total. The Bertz CT molecular complexity index is 1080. The van der Waals surface area contributed by atoms with Gasteiger partial charge in [-0.25, -0.2) is 0 Å². The maximum absolute atomic E-state index is 12.7. The normalized spacial score (nSPS) is 16.2. The Morgan fingerprint density at radius 3 is 2.81 bits per heavy atom. The highest BCUT2D eigenvalue weighted by molar-refractivity contribution is 5.76. The van der Waals surface area contributed by atoms with Crippen LogP contribution in [0.5, 0.6) is 5.75 Å². The molecule has 1 aliphatic heterocycles. The van der Waals surface area contributed by atoms with Gasteiger partial charge >= 0.3 is 0 Å². The zero-order chi connectivity index (χ0) is 22.5. The number of hydrogen-bond donors (Lipinski definition) is 0. The molecule has 1 aliphatic rings. The molecular formula is C25H29N3O4. The van der Waals surface area contributed by atoms with Crippen LogP contribution in [0.15, 0.2) is 47.0 Å². The van der Waals surface area contributed by atoms with Gasteiger partial charge in [-0.05, 0) is 44.4 Å². The van der Waals surface area contributed by atoms with E-state index < -0.39 is 6.10 Å². The van der Waals surface area contributed by atoms with Gasteiger partial charge in [0.25, 0.3) is 5.89 Å². The zero-order valence-corrected chi connectivity index (χ0v) is 18.8. The fraction of sp³-hybridized carbons (Fsp3) is 0.400. The third-order valence-corrected chi connectivity index (χ3v) is 5.65. The molecule has 7 heteroatoms. The molecule has 1 aromatic heterocycles. The van der Waals surface area contributed by atoms with Crippen molar-refractivity contribution in [3.63, 3.8) is 0 Å². The van der Waals surface area contributed by atoms with E-state index in [-0.39, 0.29) is 5.91 Å². The van der Waals surface area contributed by atoms with Crippen molar-refractivity contribution in [2.24, 2.45) is 0 Å². The Morgan fingerprint density at radius 2 is 2.00 bits per heavy atom. The highest BCUT2D eigenvalue weighted by Gasteiger charge is 2.29. The van der Waals surface area contributed by atoms with E-state index in [4.69, 9.17) is 14.0 Å². The number of rotatable bonds is 7. The van der Waals surface area contributed by atoms with Crippen molar-refractivity contribution in [3.8, 4) is 17.1 Å². The highest BCUT2D eigenvalue weighted by Crippen LogP contribution is 2.26. The number of nitrogens with zero attached hydrogens (tertiary/aromatic N) is 3. The van der Waals surface area contributed by atoms with Crippen LogP contribution in [0.1, 0.15) is 41.5 Å². The van der Waals surface area contributed by atoms with Crippen molar-refractivity contribution in [1.29, 1.82) is 0 Å². The largest absolute Gasteiger partial charge is 0.493 e. The first-order valence-electron chi connectivity index (χ1n) is 11.0. The predicted octanol–water partition coefficient (Wildman–Crippen LogP) is 4.42. The summed E-state index contributed by atoms with van der Waals surface area (Å²) >= 11 is 0. The van der Waals surface area contributed by atoms with E-state index in [1.54, 1.807) is 0 Å². The van der Waals surface area contributed by atoms with Crippen molar-refractivity contribution in [3.05, 3.63) is 65.0 Å². The Kier molecular flexibility index (Phi) is 6.85. The van der Waals surface area contributed by atoms with Gasteiger partial charge in [-0.2, -0.15) is 4.98 Å². The molecule has 1 fully saturated rings. The lowest BCUT2D eigenvalue weighted by atomic mass is 10.1. The molecule has 1 amide bonds. The molecule has 32 heavy (non-hydrogen) atoms. The van der Waals surface area contributed by atoms with Crippen molar-refractivity contribution in [2.75, 3.05) is 26.3 Å². The van der Waals surface area contributed by atoms with Gasteiger partial charge in [-0.3, -0.25) is 4.79 Å². The quantitative estimate of drug-likeness (QED) is 0.511. The maximum atomic E-state index is 12.7. The highest BCUT2D eigenvalue weighted by atomic mass is 16.5. The summed E-state index contributed by atoms with van der Waals surface area (Å²) in [5.74, 6) is 1.89. The van der Waals surface area contributed by atoms with Gasteiger partial charge < -0.3 is 18.9 Å². The Balaban J connectivity index is 1.29. The summed E-state index contributed by atoms with van der Waals surface area (Å²) in [5.41, 5.74) is 4.32. The molecule has 2 heterocycles. The number of aryl methyl sites for hydroxylation is 3. The van der Waals surface area contributed by atoms with E-state index in [9.17, 15) is 4.79 Å². The number of ether oxygens (including phenoxy) is 2. The van der Waals surface area contributed by atoms with Crippen LogP contribution in [0.3, 0.4) is 0 Å². The Labute approximate surface area is 188 Å². The minimum absolute atomic E-state index is 0.0844. The molecule has 168 valence electrons. The topological polar surface area (TPSA) is 77.7 Å². The number of carbonyl (C=O) groups is 1. The lowest BCUT2D eigenvalue weighted by Gasteiger charge is -2.31. The standard InChI is InChI=1S/C25H29N3O4/c1-17-10-11-21(19(3)15-17)30-13-6-9-23(29)28-12-14-31-22(16-28)25-26-24(27-32-25)20-8-5-4-7-18(20)2/h4-5,7-8,10-11,15,22H,6,9,12-14,16H2,1-3H3. The summed E-state index contributed by atoms with van der Waals surface area (Å²) in [4.78, 5) is 19.0. The molecule has 3 aromatic rings. The number of aromatic nitrogens is 2. The van der Waals surface area contributed by atoms with E-state index in [0.717, 1.165) is 22.4 Å². The van der Waals surface area contributed by atoms with Crippen molar-refractivity contribution in [1.82, 2.24) is 15.0 Å². The number of morpholine rings is 1. The van der Waals surface area contributed by atoms with Crippen LogP contribution < -0.4 is 4.74 Å². The van der Waals surface area contributed by atoms with Crippen LogP contribution in [0.2, 0.25) is 0 Å². The molecular weight excluding hydrogens is 406 g/mol. The molecule has 1 unspecified atom stereocenters. The van der Waals surface area contributed by atoms with E-state index in [2.05, 4.69) is 23.1 Å². The van der Waals surface area contributed by atoms with Crippen LogP contribution in [0, 0.1) is 20.8 Å². The number of amides is 1. The SMILES string of the molecule is Cc1ccc(OCCCC(=O)N2CCOC(c3nc(-c4ccccc4C)no3)C2)c(C)c1. The molecule has 1 saturated heterocycles. The predicted molar refractivity (Wildman–Crippen MR) is 120 cm³/mol. The Hall–Kier alpha value is -3.19. The van der Waals surface area contributed by atoms with Gasteiger partial charge in [0.05, 0.1) is 19.8 Å². The minimum Gasteiger partial charge on any atom is -0.493 e. The maximum Gasteiger partial charge on any atom is 0.257 e. The molecule has 4 rings (SSSR count). The van der Waals surface area contributed by atoms with Gasteiger partial charge in [-0.15, -0.1) is 0 Å². The molecule has 0 N–H and O–H groups in total. The van der Waals surface area contributed by atoms with E-state index in [1.807, 2.05) is 55.1 Å². The molecule has 2 aromatic carbocycles. The summed E-state index contributed by atoms with van der Waals surface area (Å²) in [7, 11) is 0. The molecule has 0 saturated carbocycles. The first-order valence-corrected chi connectivity index (χ1v) is 11.0. The van der Waals surface area contributed by atoms with Crippen LogP contribution in [0.4, 0.5) is 0 Å². The van der Waals surface area contributed by atoms with Gasteiger partial charge in [0, 0.05) is 18.5 Å². The second kappa shape index (κ2) is 9.96. The molecule has 0 spiro atoms. The smallest absolute Gasteiger partial charge is 0.257 e. The average molecular weight is 436 g/mol. The van der Waals surface area contributed by atoms with Gasteiger partial charge in [0.1, 0.15) is 5.75 Å². The third kappa shape index (κ3) is 5.16. The lowest BCUT2D eigenvalue weighted by molar-refractivity contribution is -0.140. The van der Waals surface area contributed by atoms with Crippen molar-refractivity contribution in [2.45, 2.75) is 39.7 Å². The lowest BCUT2D eigenvalue weighted by Crippen LogP contribution is -2.42. The molecule has 0 bridgehead atoms. The summed E-state index contributed by atoms with van der Waals surface area (Å²) in [5, 5.41) is 4.11. The molecule has 0 radical (unpaired) electrons. The zero-order valence-electron chi connectivity index (χ0n) is 18.8. The van der Waals surface area contributed by atoms with E-state index >= 15 is 0 Å². The first kappa shape index (κ1) is 22.0. The summed E-state index contributed by atoms with van der Waals surface area (Å²) in [6.07, 6.45) is 0.673. The summed E-state index contributed by atoms with van der Waals surface area (Å²) in [6, 6.07) is 14.0. The summed E-state index contributed by atoms with van der Waals surface area (Å²) < 4.78 is 17.1. The van der Waals surface area contributed by atoms with Crippen LogP contribution in [0.25, 0.3) is 11.4 Å². The molecule has 0 aliphatic carbocycles. The number of hydrogen-bond acceptors (Lipinski definition) is 6. The van der Waals surface area contributed by atoms with Crippen molar-refractivity contribution >= 4 is 5.91 Å². The summed E-state index contributed by atoms with van der Waals surface area (Å²) in [6.45, 7) is 8.02. The number of carbonyl (C=O) groups excluding carboxylic acids is 1. The minimum atomic E-state index is -0.413. The third-order valence-electron chi connectivity index (χ3n) is 5.65. The van der Waals surface area contributed by atoms with E-state index in [0.29, 0.717) is 50.9 Å². The van der Waals surface area contributed by atoms with Crippen molar-refractivity contribution < 1.29 is 18.8 Å². The first-order chi connectivity index (χ1) is 15.5. The second-order valence-corrected chi connectivity index (χ2v) is 8.19. The second-order valence-electron chi connectivity index (χ2n) is 8.19. The fourth-order valence-electron chi connectivity index (χ4n) is 3.85. The van der Waals surface area contributed by atoms with Gasteiger partial charge in [0.15, 0.2) is 6.10 Å². The monoisotopic (exact) mass is 435 g/mol.